The molecule has 0 saturated carbocycles. The molecule has 2 unspecified atom stereocenters. The summed E-state index contributed by atoms with van der Waals surface area (Å²) in [5.74, 6) is 0.271. The van der Waals surface area contributed by atoms with Crippen LogP contribution in [0.2, 0.25) is 0 Å². The third kappa shape index (κ3) is 2.97. The van der Waals surface area contributed by atoms with Crippen LogP contribution in [0.1, 0.15) is 36.0 Å². The van der Waals surface area contributed by atoms with Gasteiger partial charge in [0.05, 0.1) is 0 Å². The van der Waals surface area contributed by atoms with E-state index >= 15 is 0 Å². The van der Waals surface area contributed by atoms with Crippen LogP contribution in [-0.2, 0) is 0 Å². The molecule has 0 spiro atoms. The molecule has 2 fully saturated rings. The van der Waals surface area contributed by atoms with E-state index in [9.17, 15) is 15.0 Å². The van der Waals surface area contributed by atoms with Gasteiger partial charge < -0.3 is 20.4 Å². The van der Waals surface area contributed by atoms with Crippen LogP contribution in [0.25, 0.3) is 0 Å². The number of hydrogen-bond acceptors (Lipinski definition) is 4. The summed E-state index contributed by atoms with van der Waals surface area (Å²) in [6.07, 6.45) is 4.39. The Labute approximate surface area is 124 Å². The smallest absolute Gasteiger partial charge is 0.254 e. The summed E-state index contributed by atoms with van der Waals surface area (Å²) in [4.78, 5) is 14.6. The molecule has 3 rings (SSSR count). The number of aromatic hydroxyl groups is 2. The molecule has 3 N–H and O–H groups in total. The predicted molar refractivity (Wildman–Crippen MR) is 79.4 cm³/mol. The van der Waals surface area contributed by atoms with Crippen molar-refractivity contribution in [2.75, 3.05) is 19.6 Å². The van der Waals surface area contributed by atoms with Crippen LogP contribution in [0.15, 0.2) is 18.2 Å². The molecule has 1 amide bonds. The van der Waals surface area contributed by atoms with Crippen LogP contribution in [0.3, 0.4) is 0 Å². The Morgan fingerprint density at radius 3 is 2.57 bits per heavy atom. The third-order valence-electron chi connectivity index (χ3n) is 4.59. The van der Waals surface area contributed by atoms with E-state index in [-0.39, 0.29) is 23.4 Å². The maximum absolute atomic E-state index is 12.7. The standard InChI is InChI=1S/C16H22N2O3/c19-13-7-12(8-14(20)9-13)16(21)18-6-2-4-15(18)11-3-1-5-17-10-11/h7-9,11,15,17,19-20H,1-6,10H2. The number of benzene rings is 1. The van der Waals surface area contributed by atoms with Gasteiger partial charge in [-0.25, -0.2) is 0 Å². The molecule has 2 saturated heterocycles. The SMILES string of the molecule is O=C(c1cc(O)cc(O)c1)N1CCCC1C1CCCNC1. The fraction of sp³-hybridized carbons (Fsp3) is 0.562. The molecule has 1 aromatic carbocycles. The van der Waals surface area contributed by atoms with Crippen molar-refractivity contribution in [1.82, 2.24) is 10.2 Å². The summed E-state index contributed by atoms with van der Waals surface area (Å²) in [5.41, 5.74) is 0.364. The summed E-state index contributed by atoms with van der Waals surface area (Å²) in [5, 5.41) is 22.5. The molecule has 2 atom stereocenters. The summed E-state index contributed by atoms with van der Waals surface area (Å²) < 4.78 is 0. The maximum atomic E-state index is 12.7. The first-order chi connectivity index (χ1) is 10.1. The lowest BCUT2D eigenvalue weighted by Gasteiger charge is -2.34. The van der Waals surface area contributed by atoms with Crippen LogP contribution < -0.4 is 5.32 Å². The van der Waals surface area contributed by atoms with Crippen molar-refractivity contribution >= 4 is 5.91 Å². The second-order valence-corrected chi connectivity index (χ2v) is 6.05. The normalized spacial score (nSPS) is 26.0. The van der Waals surface area contributed by atoms with Crippen molar-refractivity contribution in [3.63, 3.8) is 0 Å². The number of carbonyl (C=O) groups excluding carboxylic acids is 1. The first-order valence-corrected chi connectivity index (χ1v) is 7.70. The molecular weight excluding hydrogens is 268 g/mol. The van der Waals surface area contributed by atoms with Crippen LogP contribution in [0.5, 0.6) is 11.5 Å². The summed E-state index contributed by atoms with van der Waals surface area (Å²) in [7, 11) is 0. The number of rotatable bonds is 2. The number of nitrogens with zero attached hydrogens (tertiary/aromatic N) is 1. The van der Waals surface area contributed by atoms with Gasteiger partial charge in [-0.1, -0.05) is 0 Å². The van der Waals surface area contributed by atoms with E-state index in [0.717, 1.165) is 45.3 Å². The van der Waals surface area contributed by atoms with Gasteiger partial charge in [0.2, 0.25) is 0 Å². The van der Waals surface area contributed by atoms with Gasteiger partial charge in [-0.05, 0) is 56.8 Å². The van der Waals surface area contributed by atoms with E-state index in [4.69, 9.17) is 0 Å². The number of phenols is 2. The molecule has 2 aliphatic heterocycles. The van der Waals surface area contributed by atoms with Crippen LogP contribution in [0, 0.1) is 5.92 Å². The van der Waals surface area contributed by atoms with Gasteiger partial charge in [-0.15, -0.1) is 0 Å². The molecule has 2 heterocycles. The molecule has 5 nitrogen and oxygen atoms in total. The van der Waals surface area contributed by atoms with Crippen LogP contribution >= 0.6 is 0 Å². The van der Waals surface area contributed by atoms with E-state index < -0.39 is 0 Å². The van der Waals surface area contributed by atoms with Crippen LogP contribution in [0.4, 0.5) is 0 Å². The molecule has 21 heavy (non-hydrogen) atoms. The van der Waals surface area contributed by atoms with Crippen molar-refractivity contribution in [2.45, 2.75) is 31.7 Å². The minimum atomic E-state index is -0.0886. The Bertz CT molecular complexity index is 506. The van der Waals surface area contributed by atoms with Crippen molar-refractivity contribution in [3.8, 4) is 11.5 Å². The molecule has 5 heteroatoms. The quantitative estimate of drug-likeness (QED) is 0.775. The molecule has 0 bridgehead atoms. The van der Waals surface area contributed by atoms with E-state index in [1.807, 2.05) is 4.90 Å². The van der Waals surface area contributed by atoms with Crippen molar-refractivity contribution in [2.24, 2.45) is 5.92 Å². The van der Waals surface area contributed by atoms with Gasteiger partial charge in [0.1, 0.15) is 11.5 Å². The van der Waals surface area contributed by atoms with Gasteiger partial charge in [0, 0.05) is 24.2 Å². The van der Waals surface area contributed by atoms with E-state index in [0.29, 0.717) is 11.5 Å². The van der Waals surface area contributed by atoms with Crippen LogP contribution in [-0.4, -0.2) is 46.7 Å². The highest BCUT2D eigenvalue weighted by molar-refractivity contribution is 5.95. The Kier molecular flexibility index (Phi) is 4.01. The van der Waals surface area contributed by atoms with E-state index in [1.54, 1.807) is 0 Å². The second-order valence-electron chi connectivity index (χ2n) is 6.05. The van der Waals surface area contributed by atoms with Crippen molar-refractivity contribution in [1.29, 1.82) is 0 Å². The minimum Gasteiger partial charge on any atom is -0.508 e. The van der Waals surface area contributed by atoms with Gasteiger partial charge in [-0.3, -0.25) is 4.79 Å². The third-order valence-corrected chi connectivity index (χ3v) is 4.59. The topological polar surface area (TPSA) is 72.8 Å². The number of likely N-dealkylation sites (tertiary alicyclic amines) is 1. The zero-order valence-electron chi connectivity index (χ0n) is 12.1. The Morgan fingerprint density at radius 1 is 1.14 bits per heavy atom. The number of nitrogens with one attached hydrogen (secondary N) is 1. The number of carbonyl (C=O) groups is 1. The van der Waals surface area contributed by atoms with Gasteiger partial charge in [0.25, 0.3) is 5.91 Å². The molecule has 1 aromatic rings. The monoisotopic (exact) mass is 290 g/mol. The number of phenolic OH excluding ortho intramolecular Hbond substituents is 2. The highest BCUT2D eigenvalue weighted by Gasteiger charge is 2.35. The first kappa shape index (κ1) is 14.2. The average molecular weight is 290 g/mol. The highest BCUT2D eigenvalue weighted by Crippen LogP contribution is 2.30. The lowest BCUT2D eigenvalue weighted by atomic mass is 9.90. The van der Waals surface area contributed by atoms with Gasteiger partial charge >= 0.3 is 0 Å². The second kappa shape index (κ2) is 5.93. The number of hydrogen-bond donors (Lipinski definition) is 3. The Balaban J connectivity index is 1.79. The molecular formula is C16H22N2O3. The molecule has 0 aliphatic carbocycles. The van der Waals surface area contributed by atoms with Crippen molar-refractivity contribution in [3.05, 3.63) is 23.8 Å². The van der Waals surface area contributed by atoms with Gasteiger partial charge in [-0.2, -0.15) is 0 Å². The van der Waals surface area contributed by atoms with E-state index in [1.165, 1.54) is 18.2 Å². The van der Waals surface area contributed by atoms with Crippen molar-refractivity contribution < 1.29 is 15.0 Å². The molecule has 0 aromatic heterocycles. The minimum absolute atomic E-state index is 0.0755. The number of piperidine rings is 1. The number of amides is 1. The lowest BCUT2D eigenvalue weighted by Crippen LogP contribution is -2.45. The maximum Gasteiger partial charge on any atom is 0.254 e. The summed E-state index contributed by atoms with van der Waals surface area (Å²) in [6, 6.07) is 4.37. The van der Waals surface area contributed by atoms with E-state index in [2.05, 4.69) is 5.32 Å². The fourth-order valence-electron chi connectivity index (χ4n) is 3.63. The lowest BCUT2D eigenvalue weighted by molar-refractivity contribution is 0.0670. The summed E-state index contributed by atoms with van der Waals surface area (Å²) in [6.45, 7) is 2.80. The first-order valence-electron chi connectivity index (χ1n) is 7.70. The average Bonchev–Trinajstić information content (AvgIpc) is 2.95. The predicted octanol–water partition coefficient (Wildman–Crippen LogP) is 1.70. The Hall–Kier alpha value is -1.75. The zero-order valence-corrected chi connectivity index (χ0v) is 12.1. The zero-order chi connectivity index (χ0) is 14.8. The largest absolute Gasteiger partial charge is 0.508 e. The van der Waals surface area contributed by atoms with Gasteiger partial charge in [0.15, 0.2) is 0 Å². The molecule has 114 valence electrons. The molecule has 0 radical (unpaired) electrons. The highest BCUT2D eigenvalue weighted by atomic mass is 16.3. The summed E-state index contributed by atoms with van der Waals surface area (Å²) >= 11 is 0. The Morgan fingerprint density at radius 2 is 1.90 bits per heavy atom. The molecule has 2 aliphatic rings. The fourth-order valence-corrected chi connectivity index (χ4v) is 3.63.